The lowest BCUT2D eigenvalue weighted by molar-refractivity contribution is 0.0599. The van der Waals surface area contributed by atoms with Crippen LogP contribution in [0, 0.1) is 0 Å². The molecule has 0 heterocycles. The van der Waals surface area contributed by atoms with Crippen molar-refractivity contribution in [1.29, 1.82) is 0 Å². The van der Waals surface area contributed by atoms with E-state index < -0.39 is 5.97 Å². The molecule has 0 fully saturated rings. The highest BCUT2D eigenvalue weighted by atomic mass is 16.5. The van der Waals surface area contributed by atoms with Crippen molar-refractivity contribution < 1.29 is 19.0 Å². The van der Waals surface area contributed by atoms with Gasteiger partial charge in [0.05, 0.1) is 14.2 Å². The minimum absolute atomic E-state index is 0.342. The van der Waals surface area contributed by atoms with E-state index in [2.05, 4.69) is 0 Å². The quantitative estimate of drug-likeness (QED) is 0.604. The third-order valence-corrected chi connectivity index (χ3v) is 4.04. The first-order valence-corrected chi connectivity index (χ1v) is 8.26. The molecule has 3 aromatic rings. The average Bonchev–Trinajstić information content (AvgIpc) is 2.70. The molecule has 3 aromatic carbocycles. The summed E-state index contributed by atoms with van der Waals surface area (Å²) in [5.41, 5.74) is 1.49. The first kappa shape index (κ1) is 17.5. The largest absolute Gasteiger partial charge is 0.497 e. The molecule has 0 atom stereocenters. The Morgan fingerprint density at radius 2 is 1.73 bits per heavy atom. The van der Waals surface area contributed by atoms with Crippen LogP contribution in [-0.2, 0) is 4.74 Å². The monoisotopic (exact) mass is 348 g/mol. The second-order valence-electron chi connectivity index (χ2n) is 5.64. The zero-order valence-corrected chi connectivity index (χ0v) is 14.8. The van der Waals surface area contributed by atoms with Gasteiger partial charge in [-0.05, 0) is 40.6 Å². The van der Waals surface area contributed by atoms with Crippen molar-refractivity contribution in [2.24, 2.45) is 0 Å². The highest BCUT2D eigenvalue weighted by molar-refractivity contribution is 6.07. The summed E-state index contributed by atoms with van der Waals surface area (Å²) in [6.45, 7) is 0.342. The summed E-state index contributed by atoms with van der Waals surface area (Å²) < 4.78 is 15.9. The molecule has 0 N–H and O–H groups in total. The Morgan fingerprint density at radius 1 is 0.962 bits per heavy atom. The van der Waals surface area contributed by atoms with E-state index in [0.717, 1.165) is 22.1 Å². The number of carbonyl (C=O) groups is 1. The van der Waals surface area contributed by atoms with Gasteiger partial charge in [-0.25, -0.2) is 4.79 Å². The van der Waals surface area contributed by atoms with Crippen LogP contribution in [0.25, 0.3) is 16.8 Å². The molecule has 0 radical (unpaired) electrons. The number of benzene rings is 3. The zero-order chi connectivity index (χ0) is 18.4. The lowest BCUT2D eigenvalue weighted by Gasteiger charge is -2.11. The number of methoxy groups -OCH3 is 2. The van der Waals surface area contributed by atoms with Gasteiger partial charge in [-0.3, -0.25) is 0 Å². The van der Waals surface area contributed by atoms with Crippen molar-refractivity contribution in [3.8, 4) is 11.5 Å². The standard InChI is InChI=1S/C22H20O4/c1-24-18-12-9-16(10-13-18)6-5-15-26-20-14-11-17-7-3-4-8-19(17)21(20)22(23)25-2/h3-14H,15H2,1-2H3/b6-5+. The topological polar surface area (TPSA) is 44.8 Å². The fourth-order valence-corrected chi connectivity index (χ4v) is 2.72. The fourth-order valence-electron chi connectivity index (χ4n) is 2.72. The van der Waals surface area contributed by atoms with Crippen LogP contribution in [0.3, 0.4) is 0 Å². The van der Waals surface area contributed by atoms with Gasteiger partial charge in [0, 0.05) is 0 Å². The molecular weight excluding hydrogens is 328 g/mol. The molecule has 0 bridgehead atoms. The van der Waals surface area contributed by atoms with E-state index in [0.29, 0.717) is 17.9 Å². The van der Waals surface area contributed by atoms with Crippen LogP contribution in [0.1, 0.15) is 15.9 Å². The molecule has 132 valence electrons. The maximum atomic E-state index is 12.2. The second-order valence-corrected chi connectivity index (χ2v) is 5.64. The van der Waals surface area contributed by atoms with E-state index in [1.54, 1.807) is 13.2 Å². The third-order valence-electron chi connectivity index (χ3n) is 4.04. The van der Waals surface area contributed by atoms with E-state index in [-0.39, 0.29) is 0 Å². The average molecular weight is 348 g/mol. The van der Waals surface area contributed by atoms with Crippen LogP contribution >= 0.6 is 0 Å². The van der Waals surface area contributed by atoms with Crippen molar-refractivity contribution in [2.75, 3.05) is 20.8 Å². The minimum atomic E-state index is -0.407. The predicted octanol–water partition coefficient (Wildman–Crippen LogP) is 4.73. The molecule has 0 aliphatic heterocycles. The van der Waals surface area contributed by atoms with Gasteiger partial charge in [0.15, 0.2) is 0 Å². The summed E-state index contributed by atoms with van der Waals surface area (Å²) in [6.07, 6.45) is 3.86. The molecule has 0 unspecified atom stereocenters. The summed E-state index contributed by atoms with van der Waals surface area (Å²) >= 11 is 0. The van der Waals surface area contributed by atoms with Crippen LogP contribution in [0.4, 0.5) is 0 Å². The van der Waals surface area contributed by atoms with Crippen LogP contribution in [0.15, 0.2) is 66.7 Å². The summed E-state index contributed by atoms with van der Waals surface area (Å²) in [5, 5.41) is 1.78. The third kappa shape index (κ3) is 3.86. The molecule has 0 saturated carbocycles. The van der Waals surface area contributed by atoms with Gasteiger partial charge in [-0.2, -0.15) is 0 Å². The summed E-state index contributed by atoms with van der Waals surface area (Å²) in [6, 6.07) is 19.1. The van der Waals surface area contributed by atoms with Crippen molar-refractivity contribution >= 4 is 22.8 Å². The Balaban J connectivity index is 1.77. The summed E-state index contributed by atoms with van der Waals surface area (Å²) in [7, 11) is 3.01. The van der Waals surface area contributed by atoms with Crippen LogP contribution in [0.2, 0.25) is 0 Å². The highest BCUT2D eigenvalue weighted by Crippen LogP contribution is 2.29. The van der Waals surface area contributed by atoms with Gasteiger partial charge in [0.1, 0.15) is 23.7 Å². The number of esters is 1. The normalized spacial score (nSPS) is 10.8. The first-order valence-electron chi connectivity index (χ1n) is 8.26. The van der Waals surface area contributed by atoms with E-state index in [1.807, 2.05) is 66.7 Å². The van der Waals surface area contributed by atoms with Crippen LogP contribution < -0.4 is 9.47 Å². The van der Waals surface area contributed by atoms with E-state index >= 15 is 0 Å². The first-order chi connectivity index (χ1) is 12.7. The molecule has 0 aliphatic carbocycles. The fraction of sp³-hybridized carbons (Fsp3) is 0.136. The van der Waals surface area contributed by atoms with Crippen molar-refractivity contribution in [2.45, 2.75) is 0 Å². The Kier molecular flexibility index (Phi) is 5.54. The van der Waals surface area contributed by atoms with Crippen LogP contribution in [0.5, 0.6) is 11.5 Å². The molecule has 0 spiro atoms. The summed E-state index contributed by atoms with van der Waals surface area (Å²) in [5.74, 6) is 0.920. The smallest absolute Gasteiger partial charge is 0.342 e. The van der Waals surface area contributed by atoms with E-state index in [9.17, 15) is 4.79 Å². The molecular formula is C22H20O4. The Hall–Kier alpha value is -3.27. The van der Waals surface area contributed by atoms with E-state index in [1.165, 1.54) is 7.11 Å². The van der Waals surface area contributed by atoms with Gasteiger partial charge in [-0.15, -0.1) is 0 Å². The molecule has 26 heavy (non-hydrogen) atoms. The lowest BCUT2D eigenvalue weighted by atomic mass is 10.0. The highest BCUT2D eigenvalue weighted by Gasteiger charge is 2.16. The maximum absolute atomic E-state index is 12.2. The Morgan fingerprint density at radius 3 is 2.46 bits per heavy atom. The number of fused-ring (bicyclic) bond motifs is 1. The molecule has 0 aromatic heterocycles. The predicted molar refractivity (Wildman–Crippen MR) is 103 cm³/mol. The van der Waals surface area contributed by atoms with Crippen molar-refractivity contribution in [3.63, 3.8) is 0 Å². The van der Waals surface area contributed by atoms with Crippen molar-refractivity contribution in [1.82, 2.24) is 0 Å². The molecule has 4 nitrogen and oxygen atoms in total. The number of carbonyl (C=O) groups excluding carboxylic acids is 1. The van der Waals surface area contributed by atoms with Gasteiger partial charge < -0.3 is 14.2 Å². The number of rotatable bonds is 6. The molecule has 3 rings (SSSR count). The number of hydrogen-bond acceptors (Lipinski definition) is 4. The SMILES string of the molecule is COC(=O)c1c(OC/C=C/c2ccc(OC)cc2)ccc2ccccc12. The van der Waals surface area contributed by atoms with Gasteiger partial charge in [0.25, 0.3) is 0 Å². The molecule has 4 heteroatoms. The van der Waals surface area contributed by atoms with Crippen molar-refractivity contribution in [3.05, 3.63) is 77.9 Å². The number of ether oxygens (including phenoxy) is 3. The number of hydrogen-bond donors (Lipinski definition) is 0. The van der Waals surface area contributed by atoms with Gasteiger partial charge in [0.2, 0.25) is 0 Å². The summed E-state index contributed by atoms with van der Waals surface area (Å²) in [4.78, 5) is 12.2. The minimum Gasteiger partial charge on any atom is -0.497 e. The Labute approximate surface area is 152 Å². The molecule has 0 saturated heterocycles. The molecule has 0 amide bonds. The van der Waals surface area contributed by atoms with Gasteiger partial charge in [-0.1, -0.05) is 48.5 Å². The van der Waals surface area contributed by atoms with Gasteiger partial charge >= 0.3 is 5.97 Å². The van der Waals surface area contributed by atoms with Crippen LogP contribution in [-0.4, -0.2) is 26.8 Å². The molecule has 0 aliphatic rings. The maximum Gasteiger partial charge on any atom is 0.342 e. The Bertz CT molecular complexity index is 927. The zero-order valence-electron chi connectivity index (χ0n) is 14.8. The van der Waals surface area contributed by atoms with E-state index in [4.69, 9.17) is 14.2 Å². The second kappa shape index (κ2) is 8.21. The lowest BCUT2D eigenvalue weighted by Crippen LogP contribution is -2.06.